The van der Waals surface area contributed by atoms with E-state index in [1.54, 1.807) is 4.90 Å². The Balaban J connectivity index is 1.69. The first-order valence-corrected chi connectivity index (χ1v) is 8.43. The van der Waals surface area contributed by atoms with Gasteiger partial charge in [-0.3, -0.25) is 14.9 Å². The van der Waals surface area contributed by atoms with Crippen LogP contribution in [0.2, 0.25) is 5.02 Å². The van der Waals surface area contributed by atoms with Crippen LogP contribution in [0.5, 0.6) is 0 Å². The summed E-state index contributed by atoms with van der Waals surface area (Å²) in [6.07, 6.45) is 0. The minimum atomic E-state index is -0.588. The van der Waals surface area contributed by atoms with Crippen molar-refractivity contribution in [3.63, 3.8) is 0 Å². The molecule has 1 saturated heterocycles. The number of anilines is 1. The van der Waals surface area contributed by atoms with Crippen molar-refractivity contribution in [2.45, 2.75) is 6.92 Å². The van der Waals surface area contributed by atoms with E-state index < -0.39 is 4.92 Å². The van der Waals surface area contributed by atoms with E-state index in [0.717, 1.165) is 10.1 Å². The Morgan fingerprint density at radius 2 is 2.00 bits per heavy atom. The number of nitro benzene ring substituents is 1. The summed E-state index contributed by atoms with van der Waals surface area (Å²) in [5, 5.41) is 20.8. The quantitative estimate of drug-likeness (QED) is 0.610. The molecule has 0 atom stereocenters. The van der Waals surface area contributed by atoms with Gasteiger partial charge in [-0.1, -0.05) is 22.9 Å². The summed E-state index contributed by atoms with van der Waals surface area (Å²) in [6, 6.07) is 4.12. The zero-order chi connectivity index (χ0) is 17.3. The van der Waals surface area contributed by atoms with E-state index in [2.05, 4.69) is 15.1 Å². The second kappa shape index (κ2) is 6.70. The van der Waals surface area contributed by atoms with Crippen molar-refractivity contribution in [3.05, 3.63) is 43.9 Å². The normalized spacial score (nSPS) is 14.8. The summed E-state index contributed by atoms with van der Waals surface area (Å²) in [5.41, 5.74) is 0.0109. The summed E-state index contributed by atoms with van der Waals surface area (Å²) in [5.74, 6) is -0.233. The molecule has 0 aliphatic carbocycles. The van der Waals surface area contributed by atoms with Gasteiger partial charge in [-0.15, -0.1) is 10.2 Å². The standard InChI is InChI=1S/C14H14ClN5O3S/c1-9-16-17-14(24-9)19-6-4-18(5-7-19)13(21)10-2-3-11(15)12(8-10)20(22)23/h2-3,8H,4-7H2,1H3. The van der Waals surface area contributed by atoms with Crippen molar-refractivity contribution in [3.8, 4) is 0 Å². The molecule has 2 heterocycles. The van der Waals surface area contributed by atoms with Gasteiger partial charge < -0.3 is 9.80 Å². The van der Waals surface area contributed by atoms with E-state index in [0.29, 0.717) is 26.2 Å². The fourth-order valence-electron chi connectivity index (χ4n) is 2.48. The predicted molar refractivity (Wildman–Crippen MR) is 90.9 cm³/mol. The largest absolute Gasteiger partial charge is 0.343 e. The van der Waals surface area contributed by atoms with Crippen LogP contribution in [-0.2, 0) is 0 Å². The van der Waals surface area contributed by atoms with E-state index in [4.69, 9.17) is 11.6 Å². The second-order valence-corrected chi connectivity index (χ2v) is 6.87. The highest BCUT2D eigenvalue weighted by atomic mass is 35.5. The van der Waals surface area contributed by atoms with Crippen molar-refractivity contribution >= 4 is 39.7 Å². The number of hydrogen-bond acceptors (Lipinski definition) is 7. The number of rotatable bonds is 3. The SMILES string of the molecule is Cc1nnc(N2CCN(C(=O)c3ccc(Cl)c([N+](=O)[O-])c3)CC2)s1. The van der Waals surface area contributed by atoms with Crippen molar-refractivity contribution in [2.75, 3.05) is 31.1 Å². The number of amides is 1. The lowest BCUT2D eigenvalue weighted by Gasteiger charge is -2.34. The molecular formula is C14H14ClN5O3S. The Labute approximate surface area is 146 Å². The number of aryl methyl sites for hydroxylation is 1. The van der Waals surface area contributed by atoms with Crippen molar-refractivity contribution in [2.24, 2.45) is 0 Å². The summed E-state index contributed by atoms with van der Waals surface area (Å²) < 4.78 is 0. The van der Waals surface area contributed by atoms with Crippen LogP contribution in [0.15, 0.2) is 18.2 Å². The molecule has 0 spiro atoms. The first-order valence-electron chi connectivity index (χ1n) is 7.24. The van der Waals surface area contributed by atoms with Gasteiger partial charge in [-0.25, -0.2) is 0 Å². The number of piperazine rings is 1. The topological polar surface area (TPSA) is 92.5 Å². The number of aromatic nitrogens is 2. The first-order chi connectivity index (χ1) is 11.5. The van der Waals surface area contributed by atoms with Gasteiger partial charge in [-0.2, -0.15) is 0 Å². The molecule has 24 heavy (non-hydrogen) atoms. The molecule has 1 aromatic carbocycles. The lowest BCUT2D eigenvalue weighted by Crippen LogP contribution is -2.48. The molecule has 0 radical (unpaired) electrons. The Morgan fingerprint density at radius 3 is 2.58 bits per heavy atom. The Morgan fingerprint density at radius 1 is 1.29 bits per heavy atom. The van der Waals surface area contributed by atoms with E-state index in [-0.39, 0.29) is 22.2 Å². The molecule has 0 N–H and O–H groups in total. The molecule has 0 saturated carbocycles. The molecule has 1 aliphatic heterocycles. The monoisotopic (exact) mass is 367 g/mol. The molecule has 0 unspecified atom stereocenters. The van der Waals surface area contributed by atoms with Crippen molar-refractivity contribution in [1.82, 2.24) is 15.1 Å². The third-order valence-electron chi connectivity index (χ3n) is 3.74. The van der Waals surface area contributed by atoms with Crippen LogP contribution in [0.1, 0.15) is 15.4 Å². The number of halogens is 1. The summed E-state index contributed by atoms with van der Waals surface area (Å²) in [7, 11) is 0. The summed E-state index contributed by atoms with van der Waals surface area (Å²) in [6.45, 7) is 4.24. The van der Waals surface area contributed by atoms with Crippen LogP contribution in [0.4, 0.5) is 10.8 Å². The molecule has 1 amide bonds. The molecule has 1 aliphatic rings. The summed E-state index contributed by atoms with van der Waals surface area (Å²) in [4.78, 5) is 26.7. The number of carbonyl (C=O) groups is 1. The van der Waals surface area contributed by atoms with Gasteiger partial charge in [0, 0.05) is 37.8 Å². The second-order valence-electron chi connectivity index (χ2n) is 5.31. The van der Waals surface area contributed by atoms with Gasteiger partial charge in [0.2, 0.25) is 5.13 Å². The molecule has 2 aromatic rings. The lowest BCUT2D eigenvalue weighted by molar-refractivity contribution is -0.384. The molecule has 8 nitrogen and oxygen atoms in total. The van der Waals surface area contributed by atoms with Crippen LogP contribution in [0.3, 0.4) is 0 Å². The molecule has 3 rings (SSSR count). The summed E-state index contributed by atoms with van der Waals surface area (Å²) >= 11 is 7.30. The lowest BCUT2D eigenvalue weighted by atomic mass is 10.1. The maximum Gasteiger partial charge on any atom is 0.288 e. The number of hydrogen-bond donors (Lipinski definition) is 0. The van der Waals surface area contributed by atoms with Crippen LogP contribution in [0, 0.1) is 17.0 Å². The Bertz CT molecular complexity index is 788. The van der Waals surface area contributed by atoms with Crippen LogP contribution in [-0.4, -0.2) is 52.1 Å². The number of nitro groups is 1. The average Bonchev–Trinajstić information content (AvgIpc) is 3.01. The highest BCUT2D eigenvalue weighted by Crippen LogP contribution is 2.26. The Kier molecular flexibility index (Phi) is 4.63. The van der Waals surface area contributed by atoms with Gasteiger partial charge >= 0.3 is 0 Å². The minimum Gasteiger partial charge on any atom is -0.343 e. The highest BCUT2D eigenvalue weighted by Gasteiger charge is 2.25. The number of carbonyl (C=O) groups excluding carboxylic acids is 1. The molecule has 126 valence electrons. The predicted octanol–water partition coefficient (Wildman–Crippen LogP) is 2.37. The third-order valence-corrected chi connectivity index (χ3v) is 4.96. The maximum atomic E-state index is 12.5. The molecule has 1 fully saturated rings. The smallest absolute Gasteiger partial charge is 0.288 e. The molecule has 0 bridgehead atoms. The van der Waals surface area contributed by atoms with Gasteiger partial charge in [0.15, 0.2) is 0 Å². The van der Waals surface area contributed by atoms with Crippen LogP contribution >= 0.6 is 22.9 Å². The fraction of sp³-hybridized carbons (Fsp3) is 0.357. The molecule has 10 heteroatoms. The first kappa shape index (κ1) is 16.6. The fourth-order valence-corrected chi connectivity index (χ4v) is 3.41. The number of benzene rings is 1. The zero-order valence-corrected chi connectivity index (χ0v) is 14.4. The zero-order valence-electron chi connectivity index (χ0n) is 12.8. The Hall–Kier alpha value is -2.26. The van der Waals surface area contributed by atoms with Gasteiger partial charge in [0.05, 0.1) is 4.92 Å². The minimum absolute atomic E-state index is 0.0213. The van der Waals surface area contributed by atoms with Crippen molar-refractivity contribution in [1.29, 1.82) is 0 Å². The van der Waals surface area contributed by atoms with Crippen molar-refractivity contribution < 1.29 is 9.72 Å². The van der Waals surface area contributed by atoms with Gasteiger partial charge in [0.25, 0.3) is 11.6 Å². The van der Waals surface area contributed by atoms with E-state index in [9.17, 15) is 14.9 Å². The molecular weight excluding hydrogens is 354 g/mol. The van der Waals surface area contributed by atoms with Crippen LogP contribution < -0.4 is 4.90 Å². The maximum absolute atomic E-state index is 12.5. The third kappa shape index (κ3) is 3.31. The van der Waals surface area contributed by atoms with Gasteiger partial charge in [0.1, 0.15) is 10.0 Å². The van der Waals surface area contributed by atoms with E-state index >= 15 is 0 Å². The number of nitrogens with zero attached hydrogens (tertiary/aromatic N) is 5. The van der Waals surface area contributed by atoms with E-state index in [1.807, 2.05) is 6.92 Å². The average molecular weight is 368 g/mol. The van der Waals surface area contributed by atoms with Crippen LogP contribution in [0.25, 0.3) is 0 Å². The highest BCUT2D eigenvalue weighted by molar-refractivity contribution is 7.15. The van der Waals surface area contributed by atoms with Gasteiger partial charge in [-0.05, 0) is 19.1 Å². The molecule has 1 aromatic heterocycles. The van der Waals surface area contributed by atoms with E-state index in [1.165, 1.54) is 29.5 Å².